The van der Waals surface area contributed by atoms with Crippen LogP contribution in [0.3, 0.4) is 0 Å². The molecule has 2 aromatic carbocycles. The van der Waals surface area contributed by atoms with Crippen LogP contribution in [0.25, 0.3) is 10.9 Å². The lowest BCUT2D eigenvalue weighted by Gasteiger charge is -2.36. The van der Waals surface area contributed by atoms with Gasteiger partial charge in [0.05, 0.1) is 12.8 Å². The van der Waals surface area contributed by atoms with Crippen molar-refractivity contribution in [2.45, 2.75) is 38.4 Å². The van der Waals surface area contributed by atoms with Crippen LogP contribution in [0.4, 0.5) is 9.18 Å². The fourth-order valence-corrected chi connectivity index (χ4v) is 5.28. The van der Waals surface area contributed by atoms with Gasteiger partial charge in [0.25, 0.3) is 5.91 Å². The number of amides is 4. The summed E-state index contributed by atoms with van der Waals surface area (Å²) >= 11 is 6.04. The molecule has 182 valence electrons. The third-order valence-electron chi connectivity index (χ3n) is 7.07. The van der Waals surface area contributed by atoms with E-state index in [1.54, 1.807) is 14.0 Å². The number of rotatable bonds is 5. The van der Waals surface area contributed by atoms with Gasteiger partial charge in [-0.15, -0.1) is 0 Å². The molecule has 3 aromatic rings. The van der Waals surface area contributed by atoms with Crippen molar-refractivity contribution in [3.05, 3.63) is 64.1 Å². The second-order valence-electron chi connectivity index (χ2n) is 8.92. The number of benzene rings is 2. The molecule has 0 aliphatic carbocycles. The van der Waals surface area contributed by atoms with E-state index in [-0.39, 0.29) is 17.1 Å². The van der Waals surface area contributed by atoms with Crippen LogP contribution in [-0.4, -0.2) is 52.3 Å². The third kappa shape index (κ3) is 3.36. The number of hydrogen-bond acceptors (Lipinski definition) is 4. The van der Waals surface area contributed by atoms with Crippen molar-refractivity contribution < 1.29 is 23.5 Å². The highest BCUT2D eigenvalue weighted by Crippen LogP contribution is 2.45. The molecule has 2 atom stereocenters. The lowest BCUT2D eigenvalue weighted by Crippen LogP contribution is -2.49. The highest BCUT2D eigenvalue weighted by Gasteiger charge is 2.60. The standard InChI is InChI=1S/C25H24ClFN4O4/c1-13(22(32)28-12-17-18(26)5-4-6-19(17)27)31-23(33)25(2)21-15(9-10-30(25)24(31)34)16-11-14(35-3)7-8-20(16)29-21/h4-8,11,13,29H,9-10,12H2,1-3H3,(H,28,32)/t13-,25-/m0/s1. The van der Waals surface area contributed by atoms with Crippen molar-refractivity contribution in [2.24, 2.45) is 0 Å². The predicted molar refractivity (Wildman–Crippen MR) is 128 cm³/mol. The summed E-state index contributed by atoms with van der Waals surface area (Å²) in [5.74, 6) is -0.932. The normalized spacial score (nSPS) is 20.1. The first-order chi connectivity index (χ1) is 16.7. The number of fused-ring (bicyclic) bond motifs is 5. The molecular weight excluding hydrogens is 475 g/mol. The van der Waals surface area contributed by atoms with Gasteiger partial charge in [-0.25, -0.2) is 14.1 Å². The molecule has 35 heavy (non-hydrogen) atoms. The van der Waals surface area contributed by atoms with Crippen molar-refractivity contribution in [1.82, 2.24) is 20.1 Å². The maximum atomic E-state index is 14.1. The molecule has 5 rings (SSSR count). The number of carbonyl (C=O) groups excluding carboxylic acids is 3. The Morgan fingerprint density at radius 3 is 2.80 bits per heavy atom. The van der Waals surface area contributed by atoms with Crippen LogP contribution in [0.2, 0.25) is 5.02 Å². The molecular formula is C25H24ClFN4O4. The minimum absolute atomic E-state index is 0.135. The number of imide groups is 1. The molecule has 10 heteroatoms. The first-order valence-electron chi connectivity index (χ1n) is 11.2. The van der Waals surface area contributed by atoms with Crippen molar-refractivity contribution >= 4 is 40.3 Å². The number of urea groups is 1. The zero-order chi connectivity index (χ0) is 25.1. The lowest BCUT2D eigenvalue weighted by molar-refractivity contribution is -0.139. The van der Waals surface area contributed by atoms with Crippen molar-refractivity contribution in [3.8, 4) is 5.75 Å². The van der Waals surface area contributed by atoms with E-state index in [9.17, 15) is 18.8 Å². The maximum absolute atomic E-state index is 14.1. The molecule has 2 aliphatic rings. The number of aromatic nitrogens is 1. The summed E-state index contributed by atoms with van der Waals surface area (Å²) in [5.41, 5.74) is 1.28. The van der Waals surface area contributed by atoms with Gasteiger partial charge in [0, 0.05) is 34.6 Å². The summed E-state index contributed by atoms with van der Waals surface area (Å²) < 4.78 is 19.4. The smallest absolute Gasteiger partial charge is 0.328 e. The number of nitrogens with one attached hydrogen (secondary N) is 2. The number of ether oxygens (including phenoxy) is 1. The Balaban J connectivity index is 1.44. The Bertz CT molecular complexity index is 1370. The summed E-state index contributed by atoms with van der Waals surface area (Å²) in [6, 6.07) is 8.22. The van der Waals surface area contributed by atoms with Gasteiger partial charge in [-0.05, 0) is 56.2 Å². The van der Waals surface area contributed by atoms with Crippen molar-refractivity contribution in [3.63, 3.8) is 0 Å². The average molecular weight is 499 g/mol. The van der Waals surface area contributed by atoms with Gasteiger partial charge in [0.2, 0.25) is 5.91 Å². The summed E-state index contributed by atoms with van der Waals surface area (Å²) in [6.45, 7) is 3.34. The molecule has 1 aromatic heterocycles. The molecule has 3 heterocycles. The summed E-state index contributed by atoms with van der Waals surface area (Å²) in [6.07, 6.45) is 0.553. The molecule has 2 N–H and O–H groups in total. The fraction of sp³-hybridized carbons (Fsp3) is 0.320. The molecule has 0 saturated carbocycles. The number of halogens is 2. The first-order valence-corrected chi connectivity index (χ1v) is 11.6. The van der Waals surface area contributed by atoms with E-state index >= 15 is 0 Å². The minimum Gasteiger partial charge on any atom is -0.497 e. The second-order valence-corrected chi connectivity index (χ2v) is 9.32. The van der Waals surface area contributed by atoms with E-state index in [2.05, 4.69) is 10.3 Å². The van der Waals surface area contributed by atoms with Crippen LogP contribution in [0.5, 0.6) is 5.75 Å². The number of carbonyl (C=O) groups is 3. The van der Waals surface area contributed by atoms with Gasteiger partial charge < -0.3 is 19.9 Å². The highest BCUT2D eigenvalue weighted by molar-refractivity contribution is 6.31. The molecule has 0 radical (unpaired) electrons. The van der Waals surface area contributed by atoms with E-state index in [0.717, 1.165) is 21.4 Å². The number of nitrogens with zero attached hydrogens (tertiary/aromatic N) is 2. The fourth-order valence-electron chi connectivity index (χ4n) is 5.06. The first kappa shape index (κ1) is 23.2. The van der Waals surface area contributed by atoms with E-state index in [4.69, 9.17) is 16.3 Å². The van der Waals surface area contributed by atoms with Crippen LogP contribution < -0.4 is 10.1 Å². The van der Waals surface area contributed by atoms with Crippen LogP contribution in [0.1, 0.15) is 30.7 Å². The van der Waals surface area contributed by atoms with Crippen molar-refractivity contribution in [2.75, 3.05) is 13.7 Å². The summed E-state index contributed by atoms with van der Waals surface area (Å²) in [7, 11) is 1.59. The van der Waals surface area contributed by atoms with Gasteiger partial charge in [-0.1, -0.05) is 17.7 Å². The molecule has 0 bridgehead atoms. The van der Waals surface area contributed by atoms with Gasteiger partial charge in [-0.3, -0.25) is 9.59 Å². The van der Waals surface area contributed by atoms with E-state index in [1.165, 1.54) is 30.0 Å². The van der Waals surface area contributed by atoms with Gasteiger partial charge in [-0.2, -0.15) is 0 Å². The van der Waals surface area contributed by atoms with Crippen LogP contribution >= 0.6 is 11.6 Å². The van der Waals surface area contributed by atoms with Crippen molar-refractivity contribution in [1.29, 1.82) is 0 Å². The predicted octanol–water partition coefficient (Wildman–Crippen LogP) is 3.71. The minimum atomic E-state index is -1.28. The summed E-state index contributed by atoms with van der Waals surface area (Å²) in [5, 5.41) is 3.71. The molecule has 2 aliphatic heterocycles. The van der Waals surface area contributed by atoms with E-state index in [1.807, 2.05) is 18.2 Å². The Hall–Kier alpha value is -3.59. The van der Waals surface area contributed by atoms with Gasteiger partial charge in [0.15, 0.2) is 5.54 Å². The Kier molecular flexibility index (Phi) is 5.47. The van der Waals surface area contributed by atoms with Crippen LogP contribution in [-0.2, 0) is 28.1 Å². The Morgan fingerprint density at radius 1 is 1.31 bits per heavy atom. The molecule has 8 nitrogen and oxygen atoms in total. The molecule has 1 saturated heterocycles. The van der Waals surface area contributed by atoms with Gasteiger partial charge in [0.1, 0.15) is 17.6 Å². The lowest BCUT2D eigenvalue weighted by atomic mass is 9.87. The quantitative estimate of drug-likeness (QED) is 0.524. The Morgan fingerprint density at radius 2 is 2.09 bits per heavy atom. The van der Waals surface area contributed by atoms with Gasteiger partial charge >= 0.3 is 6.03 Å². The second kappa shape index (κ2) is 8.27. The SMILES string of the molecule is COc1ccc2[nH]c3c(c2c1)CCN1C(=O)N([C@@H](C)C(=O)NCc2c(F)cccc2Cl)C(=O)[C@]31C. The average Bonchev–Trinajstić information content (AvgIpc) is 3.31. The third-order valence-corrected chi connectivity index (χ3v) is 7.42. The number of hydrogen-bond donors (Lipinski definition) is 2. The molecule has 1 fully saturated rings. The maximum Gasteiger partial charge on any atom is 0.328 e. The molecule has 4 amide bonds. The summed E-state index contributed by atoms with van der Waals surface area (Å²) in [4.78, 5) is 45.8. The monoisotopic (exact) mass is 498 g/mol. The number of aromatic amines is 1. The zero-order valence-electron chi connectivity index (χ0n) is 19.4. The van der Waals surface area contributed by atoms with Crippen LogP contribution in [0.15, 0.2) is 36.4 Å². The highest BCUT2D eigenvalue weighted by atomic mass is 35.5. The van der Waals surface area contributed by atoms with E-state index in [0.29, 0.717) is 24.4 Å². The molecule has 0 unspecified atom stereocenters. The number of H-pyrrole nitrogens is 1. The largest absolute Gasteiger partial charge is 0.497 e. The number of methoxy groups -OCH3 is 1. The topological polar surface area (TPSA) is 94.7 Å². The molecule has 0 spiro atoms. The zero-order valence-corrected chi connectivity index (χ0v) is 20.2. The Labute approximate surface area is 206 Å². The van der Waals surface area contributed by atoms with E-state index < -0.39 is 35.2 Å². The van der Waals surface area contributed by atoms with Crippen LogP contribution in [0, 0.1) is 5.82 Å².